The van der Waals surface area contributed by atoms with Crippen LogP contribution in [-0.4, -0.2) is 60.4 Å². The highest BCUT2D eigenvalue weighted by Gasteiger charge is 2.25. The second kappa shape index (κ2) is 7.79. The minimum Gasteiger partial charge on any atom is -0.352 e. The van der Waals surface area contributed by atoms with Gasteiger partial charge in [-0.1, -0.05) is 0 Å². The third kappa shape index (κ3) is 3.62. The first-order valence-corrected chi connectivity index (χ1v) is 10.6. The number of nitrogens with zero attached hydrogens (tertiary/aromatic N) is 7. The van der Waals surface area contributed by atoms with Crippen LogP contribution in [0.5, 0.6) is 0 Å². The molecule has 1 amide bonds. The molecular weight excluding hydrogens is 406 g/mol. The normalized spacial score (nSPS) is 18.9. The maximum Gasteiger partial charge on any atom is 0.260 e. The number of anilines is 2. The average Bonchev–Trinajstić information content (AvgIpc) is 3.14. The number of carbonyl (C=O) groups excluding carboxylic acids is 1. The molecule has 5 heterocycles. The van der Waals surface area contributed by atoms with E-state index in [0.717, 1.165) is 30.3 Å². The van der Waals surface area contributed by atoms with Crippen molar-refractivity contribution in [2.45, 2.75) is 39.8 Å². The van der Waals surface area contributed by atoms with Crippen LogP contribution >= 0.6 is 0 Å². The van der Waals surface area contributed by atoms with Crippen molar-refractivity contribution >= 4 is 34.2 Å². The van der Waals surface area contributed by atoms with Crippen molar-refractivity contribution < 1.29 is 4.79 Å². The van der Waals surface area contributed by atoms with Crippen LogP contribution in [0.4, 0.5) is 11.6 Å². The smallest absolute Gasteiger partial charge is 0.260 e. The summed E-state index contributed by atoms with van der Waals surface area (Å²) in [7, 11) is 0. The first-order valence-electron chi connectivity index (χ1n) is 10.6. The molecule has 10 heteroatoms. The van der Waals surface area contributed by atoms with Gasteiger partial charge in [0, 0.05) is 50.0 Å². The van der Waals surface area contributed by atoms with Crippen LogP contribution in [0.2, 0.25) is 0 Å². The van der Waals surface area contributed by atoms with Gasteiger partial charge in [-0.3, -0.25) is 14.8 Å². The molecule has 0 aromatic carbocycles. The van der Waals surface area contributed by atoms with E-state index in [-0.39, 0.29) is 5.91 Å². The second-order valence-corrected chi connectivity index (χ2v) is 8.40. The van der Waals surface area contributed by atoms with E-state index in [1.807, 2.05) is 24.4 Å². The summed E-state index contributed by atoms with van der Waals surface area (Å²) in [4.78, 5) is 37.9. The van der Waals surface area contributed by atoms with E-state index in [2.05, 4.69) is 54.3 Å². The zero-order valence-electron chi connectivity index (χ0n) is 18.5. The molecule has 10 nitrogen and oxygen atoms in total. The molecule has 2 unspecified atom stereocenters. The first kappa shape index (κ1) is 20.3. The number of nitrogens with one attached hydrogen (secondary N) is 2. The fourth-order valence-electron chi connectivity index (χ4n) is 4.39. The molecule has 2 atom stereocenters. The summed E-state index contributed by atoms with van der Waals surface area (Å²) in [5.41, 5.74) is 3.87. The molecule has 0 bridgehead atoms. The SMILES string of the molecule is Cc1cn2cc(NC(=O)c3cnc(N4CC(C)NC(C)C4)c4nccnc34)nc2c(C)n1. The zero-order valence-corrected chi connectivity index (χ0v) is 18.5. The number of piperazine rings is 1. The molecule has 1 saturated heterocycles. The molecule has 4 aromatic rings. The fraction of sp³-hybridized carbons (Fsp3) is 0.364. The van der Waals surface area contributed by atoms with Crippen LogP contribution in [0.1, 0.15) is 35.6 Å². The van der Waals surface area contributed by atoms with E-state index < -0.39 is 0 Å². The summed E-state index contributed by atoms with van der Waals surface area (Å²) in [6.07, 6.45) is 8.44. The Bertz CT molecular complexity index is 1320. The average molecular weight is 432 g/mol. The van der Waals surface area contributed by atoms with Crippen molar-refractivity contribution in [2.75, 3.05) is 23.3 Å². The molecule has 0 radical (unpaired) electrons. The van der Waals surface area contributed by atoms with E-state index in [0.29, 0.717) is 40.1 Å². The third-order valence-electron chi connectivity index (χ3n) is 5.55. The predicted octanol–water partition coefficient (Wildman–Crippen LogP) is 2.12. The molecule has 0 saturated carbocycles. The lowest BCUT2D eigenvalue weighted by molar-refractivity contribution is 0.102. The van der Waals surface area contributed by atoms with Gasteiger partial charge in [-0.2, -0.15) is 0 Å². The Kier molecular flexibility index (Phi) is 4.93. The van der Waals surface area contributed by atoms with Crippen LogP contribution in [0.15, 0.2) is 31.0 Å². The highest BCUT2D eigenvalue weighted by Crippen LogP contribution is 2.26. The van der Waals surface area contributed by atoms with Crippen molar-refractivity contribution in [2.24, 2.45) is 0 Å². The molecule has 1 fully saturated rings. The van der Waals surface area contributed by atoms with E-state index in [1.165, 1.54) is 0 Å². The van der Waals surface area contributed by atoms with Gasteiger partial charge in [0.2, 0.25) is 0 Å². The number of rotatable bonds is 3. The number of hydrogen-bond acceptors (Lipinski definition) is 8. The largest absolute Gasteiger partial charge is 0.352 e. The van der Waals surface area contributed by atoms with Crippen molar-refractivity contribution in [3.8, 4) is 0 Å². The molecule has 164 valence electrons. The van der Waals surface area contributed by atoms with Crippen LogP contribution < -0.4 is 15.5 Å². The lowest BCUT2D eigenvalue weighted by Crippen LogP contribution is -2.54. The van der Waals surface area contributed by atoms with Gasteiger partial charge < -0.3 is 19.9 Å². The molecule has 5 rings (SSSR count). The Labute approximate surface area is 185 Å². The quantitative estimate of drug-likeness (QED) is 0.507. The fourth-order valence-corrected chi connectivity index (χ4v) is 4.39. The monoisotopic (exact) mass is 431 g/mol. The summed E-state index contributed by atoms with van der Waals surface area (Å²) in [6, 6.07) is 0.652. The van der Waals surface area contributed by atoms with Gasteiger partial charge >= 0.3 is 0 Å². The number of fused-ring (bicyclic) bond motifs is 2. The summed E-state index contributed by atoms with van der Waals surface area (Å²) in [5, 5.41) is 6.39. The summed E-state index contributed by atoms with van der Waals surface area (Å²) in [5.74, 6) is 0.855. The van der Waals surface area contributed by atoms with Gasteiger partial charge in [-0.15, -0.1) is 0 Å². The Morgan fingerprint density at radius 1 is 1.03 bits per heavy atom. The van der Waals surface area contributed by atoms with Crippen molar-refractivity contribution in [3.63, 3.8) is 0 Å². The highest BCUT2D eigenvalue weighted by molar-refractivity contribution is 6.12. The molecule has 0 aliphatic carbocycles. The van der Waals surface area contributed by atoms with Crippen molar-refractivity contribution in [1.29, 1.82) is 0 Å². The van der Waals surface area contributed by atoms with Gasteiger partial charge in [0.15, 0.2) is 17.3 Å². The molecule has 2 N–H and O–H groups in total. The number of amides is 1. The molecule has 4 aromatic heterocycles. The number of imidazole rings is 1. The van der Waals surface area contributed by atoms with Crippen molar-refractivity contribution in [1.82, 2.24) is 34.6 Å². The summed E-state index contributed by atoms with van der Waals surface area (Å²) in [6.45, 7) is 9.72. The number of aryl methyl sites for hydroxylation is 2. The molecule has 32 heavy (non-hydrogen) atoms. The van der Waals surface area contributed by atoms with Crippen LogP contribution in [-0.2, 0) is 0 Å². The predicted molar refractivity (Wildman–Crippen MR) is 122 cm³/mol. The second-order valence-electron chi connectivity index (χ2n) is 8.40. The number of hydrogen-bond donors (Lipinski definition) is 2. The maximum absolute atomic E-state index is 13.1. The molecule has 0 spiro atoms. The van der Waals surface area contributed by atoms with E-state index in [1.54, 1.807) is 24.8 Å². The third-order valence-corrected chi connectivity index (χ3v) is 5.55. The van der Waals surface area contributed by atoms with Gasteiger partial charge in [-0.25, -0.2) is 15.0 Å². The van der Waals surface area contributed by atoms with E-state index in [4.69, 9.17) is 0 Å². The summed E-state index contributed by atoms with van der Waals surface area (Å²) >= 11 is 0. The van der Waals surface area contributed by atoms with Gasteiger partial charge in [0.05, 0.1) is 23.1 Å². The van der Waals surface area contributed by atoms with Gasteiger partial charge in [0.1, 0.15) is 11.0 Å². The van der Waals surface area contributed by atoms with Crippen LogP contribution in [0, 0.1) is 13.8 Å². The minimum atomic E-state index is -0.331. The standard InChI is InChI=1S/C22H25N9O/c1-12-8-30(9-13(2)26-12)21-19-18(23-5-6-24-19)16(7-25-21)22(32)29-17-11-31-10-14(3)27-15(4)20(31)28-17/h5-7,10-13,26H,8-9H2,1-4H3,(H,29,32). The Balaban J connectivity index is 1.49. The molecule has 1 aliphatic rings. The van der Waals surface area contributed by atoms with Gasteiger partial charge in [-0.05, 0) is 27.7 Å². The number of carbonyl (C=O) groups is 1. The van der Waals surface area contributed by atoms with Gasteiger partial charge in [0.25, 0.3) is 5.91 Å². The zero-order chi connectivity index (χ0) is 22.4. The molecule has 1 aliphatic heterocycles. The lowest BCUT2D eigenvalue weighted by atomic mass is 10.1. The molecular formula is C22H25N9O. The highest BCUT2D eigenvalue weighted by atomic mass is 16.1. The maximum atomic E-state index is 13.1. The van der Waals surface area contributed by atoms with E-state index >= 15 is 0 Å². The Hall–Kier alpha value is -3.66. The summed E-state index contributed by atoms with van der Waals surface area (Å²) < 4.78 is 1.86. The first-order chi connectivity index (χ1) is 15.4. The van der Waals surface area contributed by atoms with Crippen LogP contribution in [0.25, 0.3) is 16.7 Å². The Morgan fingerprint density at radius 2 is 1.75 bits per heavy atom. The number of pyridine rings is 1. The lowest BCUT2D eigenvalue weighted by Gasteiger charge is -2.37. The van der Waals surface area contributed by atoms with E-state index in [9.17, 15) is 4.79 Å². The van der Waals surface area contributed by atoms with Crippen LogP contribution in [0.3, 0.4) is 0 Å². The van der Waals surface area contributed by atoms with Crippen molar-refractivity contribution in [3.05, 3.63) is 47.9 Å². The number of aromatic nitrogens is 6. The minimum absolute atomic E-state index is 0.326. The topological polar surface area (TPSA) is 113 Å². The Morgan fingerprint density at radius 3 is 2.50 bits per heavy atom.